The first-order valence-electron chi connectivity index (χ1n) is 7.18. The Morgan fingerprint density at radius 1 is 1.29 bits per heavy atom. The van der Waals surface area contributed by atoms with Crippen molar-refractivity contribution in [3.8, 4) is 0 Å². The zero-order chi connectivity index (χ0) is 15.6. The number of benzene rings is 1. The first-order valence-corrected chi connectivity index (χ1v) is 7.55. The molecule has 0 spiro atoms. The van der Waals surface area contributed by atoms with E-state index >= 15 is 0 Å². The number of aliphatic carboxylic acids is 1. The predicted molar refractivity (Wildman–Crippen MR) is 81.4 cm³/mol. The molecule has 2 rings (SSSR count). The van der Waals surface area contributed by atoms with E-state index in [1.165, 1.54) is 4.90 Å². The fourth-order valence-corrected chi connectivity index (χ4v) is 2.71. The first-order chi connectivity index (χ1) is 9.90. The third-order valence-electron chi connectivity index (χ3n) is 3.74. The lowest BCUT2D eigenvalue weighted by Crippen LogP contribution is -2.41. The zero-order valence-corrected chi connectivity index (χ0v) is 13.0. The summed E-state index contributed by atoms with van der Waals surface area (Å²) in [6.07, 6.45) is 1.79. The number of hydrogen-bond donors (Lipinski definition) is 1. The van der Waals surface area contributed by atoms with E-state index in [-0.39, 0.29) is 30.3 Å². The van der Waals surface area contributed by atoms with Gasteiger partial charge in [0.2, 0.25) is 5.91 Å². The van der Waals surface area contributed by atoms with Crippen LogP contribution in [-0.2, 0) is 9.59 Å². The lowest BCUT2D eigenvalue weighted by molar-refractivity contribution is -0.146. The minimum absolute atomic E-state index is 0.0853. The largest absolute Gasteiger partial charge is 0.480 e. The summed E-state index contributed by atoms with van der Waals surface area (Å²) in [4.78, 5) is 25.3. The molecule has 1 saturated carbocycles. The predicted octanol–water partition coefficient (Wildman–Crippen LogP) is 3.16. The van der Waals surface area contributed by atoms with Gasteiger partial charge in [-0.2, -0.15) is 0 Å². The molecular formula is C16H20ClNO3. The summed E-state index contributed by atoms with van der Waals surface area (Å²) in [5.74, 6) is -1.30. The summed E-state index contributed by atoms with van der Waals surface area (Å²) in [5.41, 5.74) is 0.885. The zero-order valence-electron chi connectivity index (χ0n) is 12.3. The molecule has 1 amide bonds. The summed E-state index contributed by atoms with van der Waals surface area (Å²) >= 11 is 5.89. The molecule has 5 heteroatoms. The van der Waals surface area contributed by atoms with E-state index in [0.717, 1.165) is 18.4 Å². The smallest absolute Gasteiger partial charge is 0.323 e. The maximum atomic E-state index is 12.8. The minimum Gasteiger partial charge on any atom is -0.480 e. The highest BCUT2D eigenvalue weighted by Crippen LogP contribution is 2.33. The monoisotopic (exact) mass is 309 g/mol. The number of hydrogen-bond acceptors (Lipinski definition) is 2. The third-order valence-corrected chi connectivity index (χ3v) is 3.99. The highest BCUT2D eigenvalue weighted by Gasteiger charge is 2.38. The molecule has 0 radical (unpaired) electrons. The Hall–Kier alpha value is -1.55. The van der Waals surface area contributed by atoms with Crippen molar-refractivity contribution >= 4 is 23.5 Å². The van der Waals surface area contributed by atoms with Crippen LogP contribution in [0, 0.1) is 5.92 Å². The molecule has 0 saturated heterocycles. The second kappa shape index (κ2) is 6.48. The average molecular weight is 310 g/mol. The molecule has 0 bridgehead atoms. The Kier molecular flexibility index (Phi) is 4.88. The maximum Gasteiger partial charge on any atom is 0.323 e. The van der Waals surface area contributed by atoms with Gasteiger partial charge in [-0.3, -0.25) is 9.59 Å². The van der Waals surface area contributed by atoms with Gasteiger partial charge >= 0.3 is 5.97 Å². The van der Waals surface area contributed by atoms with E-state index in [1.54, 1.807) is 12.1 Å². The van der Waals surface area contributed by atoms with E-state index in [1.807, 2.05) is 26.0 Å². The van der Waals surface area contributed by atoms with Gasteiger partial charge in [-0.25, -0.2) is 0 Å². The van der Waals surface area contributed by atoms with Crippen molar-refractivity contribution in [3.63, 3.8) is 0 Å². The van der Waals surface area contributed by atoms with Crippen molar-refractivity contribution < 1.29 is 14.7 Å². The van der Waals surface area contributed by atoms with Gasteiger partial charge in [-0.15, -0.1) is 0 Å². The van der Waals surface area contributed by atoms with Crippen molar-refractivity contribution in [1.82, 2.24) is 4.90 Å². The average Bonchev–Trinajstić information content (AvgIpc) is 3.22. The van der Waals surface area contributed by atoms with Crippen LogP contribution in [0.5, 0.6) is 0 Å². The van der Waals surface area contributed by atoms with Gasteiger partial charge in [0.25, 0.3) is 0 Å². The van der Waals surface area contributed by atoms with E-state index in [9.17, 15) is 9.59 Å². The van der Waals surface area contributed by atoms with Crippen molar-refractivity contribution in [2.24, 2.45) is 5.92 Å². The summed E-state index contributed by atoms with van der Waals surface area (Å²) < 4.78 is 0. The summed E-state index contributed by atoms with van der Waals surface area (Å²) in [6, 6.07) is 7.30. The highest BCUT2D eigenvalue weighted by atomic mass is 35.5. The number of carboxylic acid groups (broad SMARTS) is 1. The van der Waals surface area contributed by atoms with Crippen LogP contribution in [0.15, 0.2) is 24.3 Å². The van der Waals surface area contributed by atoms with Gasteiger partial charge in [-0.1, -0.05) is 37.6 Å². The quantitative estimate of drug-likeness (QED) is 0.878. The molecule has 1 atom stereocenters. The number of carbonyl (C=O) groups excluding carboxylic acids is 1. The Bertz CT molecular complexity index is 523. The topological polar surface area (TPSA) is 57.6 Å². The standard InChI is InChI=1S/C16H20ClNO3/c1-10(2)15(11-3-5-12(17)6-4-11)16(21)18(9-14(19)20)13-7-8-13/h3-6,10,13,15H,7-9H2,1-2H3,(H,19,20). The first kappa shape index (κ1) is 15.8. The molecule has 1 aliphatic carbocycles. The molecule has 0 aliphatic heterocycles. The minimum atomic E-state index is -0.964. The molecule has 1 aromatic carbocycles. The van der Waals surface area contributed by atoms with Crippen molar-refractivity contribution in [2.45, 2.75) is 38.6 Å². The van der Waals surface area contributed by atoms with Gasteiger partial charge in [0.15, 0.2) is 0 Å². The molecule has 1 N–H and O–H groups in total. The Labute approximate surface area is 129 Å². The van der Waals surface area contributed by atoms with Crippen LogP contribution in [0.2, 0.25) is 5.02 Å². The van der Waals surface area contributed by atoms with E-state index in [2.05, 4.69) is 0 Å². The molecule has 4 nitrogen and oxygen atoms in total. The van der Waals surface area contributed by atoms with Gasteiger partial charge in [0, 0.05) is 11.1 Å². The van der Waals surface area contributed by atoms with Gasteiger partial charge in [0.1, 0.15) is 6.54 Å². The number of halogens is 1. The van der Waals surface area contributed by atoms with Crippen LogP contribution in [0.4, 0.5) is 0 Å². The third kappa shape index (κ3) is 3.97. The van der Waals surface area contributed by atoms with E-state index in [0.29, 0.717) is 5.02 Å². The number of nitrogens with zero attached hydrogens (tertiary/aromatic N) is 1. The molecule has 0 aromatic heterocycles. The summed E-state index contributed by atoms with van der Waals surface area (Å²) in [6.45, 7) is 3.73. The molecule has 21 heavy (non-hydrogen) atoms. The van der Waals surface area contributed by atoms with E-state index in [4.69, 9.17) is 16.7 Å². The summed E-state index contributed by atoms with van der Waals surface area (Å²) in [7, 11) is 0. The number of amides is 1. The van der Waals surface area contributed by atoms with Crippen molar-refractivity contribution in [2.75, 3.05) is 6.54 Å². The maximum absolute atomic E-state index is 12.8. The molecule has 114 valence electrons. The van der Waals surface area contributed by atoms with Gasteiger partial charge in [0.05, 0.1) is 5.92 Å². The fourth-order valence-electron chi connectivity index (χ4n) is 2.58. The number of rotatable bonds is 6. The lowest BCUT2D eigenvalue weighted by atomic mass is 9.87. The SMILES string of the molecule is CC(C)C(C(=O)N(CC(=O)O)C1CC1)c1ccc(Cl)cc1. The van der Waals surface area contributed by atoms with Crippen LogP contribution >= 0.6 is 11.6 Å². The van der Waals surface area contributed by atoms with Crippen LogP contribution in [-0.4, -0.2) is 34.5 Å². The van der Waals surface area contributed by atoms with Gasteiger partial charge < -0.3 is 10.0 Å². The molecule has 1 aliphatic rings. The normalized spacial score (nSPS) is 15.8. The molecule has 1 aromatic rings. The van der Waals surface area contributed by atoms with E-state index < -0.39 is 5.97 Å². The van der Waals surface area contributed by atoms with Gasteiger partial charge in [-0.05, 0) is 36.5 Å². The van der Waals surface area contributed by atoms with Crippen LogP contribution < -0.4 is 0 Å². The Balaban J connectivity index is 2.25. The Morgan fingerprint density at radius 2 is 1.86 bits per heavy atom. The number of carboxylic acids is 1. The van der Waals surface area contributed by atoms with Crippen molar-refractivity contribution in [1.29, 1.82) is 0 Å². The molecule has 1 unspecified atom stereocenters. The van der Waals surface area contributed by atoms with Crippen LogP contribution in [0.1, 0.15) is 38.2 Å². The van der Waals surface area contributed by atoms with Crippen LogP contribution in [0.3, 0.4) is 0 Å². The molecule has 1 fully saturated rings. The second-order valence-corrected chi connectivity index (χ2v) is 6.30. The Morgan fingerprint density at radius 3 is 2.29 bits per heavy atom. The fraction of sp³-hybridized carbons (Fsp3) is 0.500. The van der Waals surface area contributed by atoms with Crippen molar-refractivity contribution in [3.05, 3.63) is 34.9 Å². The summed E-state index contributed by atoms with van der Waals surface area (Å²) in [5, 5.41) is 9.65. The second-order valence-electron chi connectivity index (χ2n) is 5.86. The van der Waals surface area contributed by atoms with Crippen LogP contribution in [0.25, 0.3) is 0 Å². The molecule has 0 heterocycles. The number of carbonyl (C=O) groups is 2. The molecular weight excluding hydrogens is 290 g/mol. The lowest BCUT2D eigenvalue weighted by Gasteiger charge is -2.28. The highest BCUT2D eigenvalue weighted by molar-refractivity contribution is 6.30.